The molecule has 0 aliphatic carbocycles. The molecule has 160 valence electrons. The number of hydrogen-bond donors (Lipinski definition) is 2. The molecule has 2 heterocycles. The van der Waals surface area contributed by atoms with Gasteiger partial charge in [-0.2, -0.15) is 0 Å². The van der Waals surface area contributed by atoms with Crippen LogP contribution in [0.4, 0.5) is 4.79 Å². The molecule has 0 radical (unpaired) electrons. The Morgan fingerprint density at radius 2 is 1.72 bits per heavy atom. The van der Waals surface area contributed by atoms with E-state index in [4.69, 9.17) is 4.74 Å². The van der Waals surface area contributed by atoms with Gasteiger partial charge in [0.1, 0.15) is 0 Å². The molecule has 0 saturated heterocycles. The van der Waals surface area contributed by atoms with Crippen molar-refractivity contribution < 1.29 is 19.4 Å². The van der Waals surface area contributed by atoms with E-state index in [9.17, 15) is 14.7 Å². The fourth-order valence-electron chi connectivity index (χ4n) is 2.92. The number of hydrogen-bond acceptors (Lipinski definition) is 7. The molecule has 0 aliphatic rings. The molecule has 0 fully saturated rings. The quantitative estimate of drug-likeness (QED) is 0.309. The highest BCUT2D eigenvalue weighted by molar-refractivity contribution is 7.10. The minimum Gasteiger partial charge on any atom is -0.420 e. The van der Waals surface area contributed by atoms with Crippen LogP contribution in [0.3, 0.4) is 0 Å². The van der Waals surface area contributed by atoms with E-state index in [1.54, 1.807) is 22.7 Å². The van der Waals surface area contributed by atoms with Crippen molar-refractivity contribution in [2.45, 2.75) is 64.4 Å². The first kappa shape index (κ1) is 23.5. The number of carbonyl (C=O) groups excluding carboxylic acids is 2. The molecule has 0 aliphatic heterocycles. The molecule has 2 aromatic heterocycles. The Hall–Kier alpha value is -1.74. The first-order valence-electron chi connectivity index (χ1n) is 9.66. The highest BCUT2D eigenvalue weighted by Crippen LogP contribution is 2.29. The number of alkyl carbamates (subject to hydrolysis) is 1. The van der Waals surface area contributed by atoms with Crippen LogP contribution >= 0.6 is 22.7 Å². The van der Waals surface area contributed by atoms with Crippen LogP contribution in [0.25, 0.3) is 0 Å². The summed E-state index contributed by atoms with van der Waals surface area (Å²) >= 11 is 3.19. The summed E-state index contributed by atoms with van der Waals surface area (Å²) in [4.78, 5) is 29.1. The number of aliphatic hydroxyl groups excluding tert-OH is 1. The van der Waals surface area contributed by atoms with Gasteiger partial charge in [0.25, 0.3) is 0 Å². The van der Waals surface area contributed by atoms with Crippen molar-refractivity contribution in [2.24, 2.45) is 0 Å². The van der Waals surface area contributed by atoms with Gasteiger partial charge in [0, 0.05) is 41.4 Å². The van der Waals surface area contributed by atoms with Crippen LogP contribution in [0.2, 0.25) is 0 Å². The third-order valence-electron chi connectivity index (χ3n) is 4.26. The summed E-state index contributed by atoms with van der Waals surface area (Å²) in [6.45, 7) is 6.57. The predicted octanol–water partition coefficient (Wildman–Crippen LogP) is 4.39. The van der Waals surface area contributed by atoms with Crippen molar-refractivity contribution in [2.75, 3.05) is 6.61 Å². The number of nitrogens with zero attached hydrogens (tertiary/aromatic N) is 1. The second-order valence-corrected chi connectivity index (χ2v) is 9.99. The van der Waals surface area contributed by atoms with Gasteiger partial charge in [-0.05, 0) is 56.5 Å². The van der Waals surface area contributed by atoms with Crippen LogP contribution in [0, 0.1) is 0 Å². The highest BCUT2D eigenvalue weighted by Gasteiger charge is 2.41. The lowest BCUT2D eigenvalue weighted by molar-refractivity contribution is -0.154. The fraction of sp³-hybridized carbons (Fsp3) is 0.524. The van der Waals surface area contributed by atoms with Gasteiger partial charge in [0.05, 0.1) is 0 Å². The molecule has 0 aromatic carbocycles. The smallest absolute Gasteiger partial charge is 0.409 e. The topological polar surface area (TPSA) is 78.9 Å². The molecule has 0 spiro atoms. The maximum atomic E-state index is 12.6. The molecule has 29 heavy (non-hydrogen) atoms. The standard InChI is InChI=1S/C21H30N2O4S2/c1-20(2,3)22-19(26)27-21(16-25,10-4-5-11-24)23(14-17-8-6-12-28-17)15-18-9-7-13-29-18/h6-9,12-13,16,24H,4-5,10-11,14-15H2,1-3H3,(H,22,26)/t21-/m0/s1. The number of aliphatic hydroxyl groups is 1. The van der Waals surface area contributed by atoms with Crippen molar-refractivity contribution in [3.8, 4) is 0 Å². The number of rotatable bonds is 11. The van der Waals surface area contributed by atoms with Crippen LogP contribution in [-0.4, -0.2) is 40.3 Å². The minimum atomic E-state index is -1.42. The average Bonchev–Trinajstić information content (AvgIpc) is 3.33. The molecule has 8 heteroatoms. The largest absolute Gasteiger partial charge is 0.420 e. The second-order valence-electron chi connectivity index (χ2n) is 7.92. The van der Waals surface area contributed by atoms with E-state index in [2.05, 4.69) is 5.32 Å². The van der Waals surface area contributed by atoms with Crippen molar-refractivity contribution in [1.82, 2.24) is 10.2 Å². The SMILES string of the molecule is CC(C)(C)NC(=O)O[C@](C=O)(CCCCO)N(Cc1cccs1)Cc1cccs1. The van der Waals surface area contributed by atoms with Crippen molar-refractivity contribution in [3.63, 3.8) is 0 Å². The van der Waals surface area contributed by atoms with Crippen molar-refractivity contribution in [3.05, 3.63) is 44.8 Å². The van der Waals surface area contributed by atoms with Crippen LogP contribution in [0.1, 0.15) is 49.8 Å². The molecule has 0 bridgehead atoms. The number of unbranched alkanes of at least 4 members (excludes halogenated alkanes) is 1. The van der Waals surface area contributed by atoms with E-state index in [0.29, 0.717) is 32.4 Å². The normalized spacial score (nSPS) is 13.8. The number of ether oxygens (including phenoxy) is 1. The van der Waals surface area contributed by atoms with E-state index in [0.717, 1.165) is 16.0 Å². The summed E-state index contributed by atoms with van der Waals surface area (Å²) in [5.74, 6) is 0. The number of aldehydes is 1. The van der Waals surface area contributed by atoms with Crippen LogP contribution in [0.15, 0.2) is 35.0 Å². The van der Waals surface area contributed by atoms with Gasteiger partial charge in [-0.1, -0.05) is 12.1 Å². The Kier molecular flexibility index (Phi) is 8.82. The van der Waals surface area contributed by atoms with Gasteiger partial charge in [-0.15, -0.1) is 22.7 Å². The van der Waals surface area contributed by atoms with Crippen LogP contribution in [0.5, 0.6) is 0 Å². The average molecular weight is 439 g/mol. The Morgan fingerprint density at radius 3 is 2.14 bits per heavy atom. The third-order valence-corrected chi connectivity index (χ3v) is 5.98. The summed E-state index contributed by atoms with van der Waals surface area (Å²) in [7, 11) is 0. The molecular weight excluding hydrogens is 408 g/mol. The molecule has 1 amide bonds. The molecule has 0 unspecified atom stereocenters. The Morgan fingerprint density at radius 1 is 1.14 bits per heavy atom. The van der Waals surface area contributed by atoms with Crippen molar-refractivity contribution >= 4 is 35.1 Å². The molecule has 0 saturated carbocycles. The number of thiophene rings is 2. The summed E-state index contributed by atoms with van der Waals surface area (Å²) < 4.78 is 5.81. The van der Waals surface area contributed by atoms with E-state index < -0.39 is 17.4 Å². The lowest BCUT2D eigenvalue weighted by atomic mass is 10.0. The number of nitrogens with one attached hydrogen (secondary N) is 1. The third kappa shape index (κ3) is 7.54. The lowest BCUT2D eigenvalue weighted by Gasteiger charge is -2.39. The second kappa shape index (κ2) is 10.9. The lowest BCUT2D eigenvalue weighted by Crippen LogP contribution is -2.55. The zero-order valence-electron chi connectivity index (χ0n) is 17.2. The zero-order valence-corrected chi connectivity index (χ0v) is 18.9. The summed E-state index contributed by atoms with van der Waals surface area (Å²) in [6, 6.07) is 7.94. The van der Waals surface area contributed by atoms with Gasteiger partial charge in [0.2, 0.25) is 5.72 Å². The summed E-state index contributed by atoms with van der Waals surface area (Å²) in [5, 5.41) is 16.0. The van der Waals surface area contributed by atoms with E-state index in [1.165, 1.54) is 0 Å². The highest BCUT2D eigenvalue weighted by atomic mass is 32.1. The predicted molar refractivity (Wildman–Crippen MR) is 117 cm³/mol. The number of carbonyl (C=O) groups is 2. The van der Waals surface area contributed by atoms with Crippen LogP contribution < -0.4 is 5.32 Å². The van der Waals surface area contributed by atoms with E-state index >= 15 is 0 Å². The molecular formula is C21H30N2O4S2. The van der Waals surface area contributed by atoms with Crippen molar-refractivity contribution in [1.29, 1.82) is 0 Å². The maximum Gasteiger partial charge on any atom is 0.409 e. The molecule has 1 atom stereocenters. The molecule has 2 N–H and O–H groups in total. The zero-order chi connectivity index (χ0) is 21.3. The van der Waals surface area contributed by atoms with Crippen LogP contribution in [-0.2, 0) is 22.6 Å². The van der Waals surface area contributed by atoms with Gasteiger partial charge in [-0.3, -0.25) is 4.79 Å². The first-order valence-corrected chi connectivity index (χ1v) is 11.4. The van der Waals surface area contributed by atoms with Gasteiger partial charge in [0.15, 0.2) is 6.29 Å². The van der Waals surface area contributed by atoms with E-state index in [1.807, 2.05) is 60.7 Å². The molecule has 2 rings (SSSR count). The van der Waals surface area contributed by atoms with Gasteiger partial charge < -0.3 is 15.2 Å². The maximum absolute atomic E-state index is 12.6. The monoisotopic (exact) mass is 438 g/mol. The Labute approximate surface area is 180 Å². The van der Waals surface area contributed by atoms with Gasteiger partial charge in [-0.25, -0.2) is 9.69 Å². The van der Waals surface area contributed by atoms with Gasteiger partial charge >= 0.3 is 6.09 Å². The fourth-order valence-corrected chi connectivity index (χ4v) is 4.36. The van der Waals surface area contributed by atoms with E-state index in [-0.39, 0.29) is 6.61 Å². The molecule has 6 nitrogen and oxygen atoms in total. The summed E-state index contributed by atoms with van der Waals surface area (Å²) in [6.07, 6.45) is 1.50. The minimum absolute atomic E-state index is 0.0268. The Bertz CT molecular complexity index is 705. The Balaban J connectivity index is 2.34. The first-order chi connectivity index (χ1) is 13.8. The molecule has 2 aromatic rings. The summed E-state index contributed by atoms with van der Waals surface area (Å²) in [5.41, 5.74) is -1.90. The number of amides is 1.